The number of anilines is 1. The lowest BCUT2D eigenvalue weighted by Crippen LogP contribution is -2.02. The van der Waals surface area contributed by atoms with Gasteiger partial charge in [0.2, 0.25) is 0 Å². The Balaban J connectivity index is 1.85. The molecule has 0 spiro atoms. The van der Waals surface area contributed by atoms with Crippen molar-refractivity contribution in [1.29, 1.82) is 0 Å². The Morgan fingerprint density at radius 2 is 2.00 bits per heavy atom. The van der Waals surface area contributed by atoms with E-state index in [0.717, 1.165) is 21.2 Å². The molecule has 0 fully saturated rings. The molecular weight excluding hydrogens is 314 g/mol. The van der Waals surface area contributed by atoms with Crippen molar-refractivity contribution >= 4 is 32.7 Å². The molecule has 1 N–H and O–H groups in total. The van der Waals surface area contributed by atoms with Crippen LogP contribution in [-0.4, -0.2) is 9.97 Å². The van der Waals surface area contributed by atoms with Crippen LogP contribution >= 0.6 is 15.9 Å². The number of pyridine rings is 2. The maximum Gasteiger partial charge on any atom is 0.126 e. The maximum absolute atomic E-state index is 4.46. The van der Waals surface area contributed by atoms with E-state index in [1.807, 2.05) is 24.5 Å². The van der Waals surface area contributed by atoms with Crippen molar-refractivity contribution in [1.82, 2.24) is 9.97 Å². The van der Waals surface area contributed by atoms with Gasteiger partial charge in [0.1, 0.15) is 5.82 Å². The quantitative estimate of drug-likeness (QED) is 0.778. The van der Waals surface area contributed by atoms with Crippen LogP contribution in [0.3, 0.4) is 0 Å². The minimum Gasteiger partial charge on any atom is -0.366 e. The van der Waals surface area contributed by atoms with Crippen LogP contribution in [0.1, 0.15) is 11.1 Å². The number of para-hydroxylation sites is 1. The molecule has 0 bridgehead atoms. The number of fused-ring (bicyclic) bond motifs is 1. The third-order valence-electron chi connectivity index (χ3n) is 3.22. The molecule has 0 aliphatic heterocycles. The third kappa shape index (κ3) is 2.65. The van der Waals surface area contributed by atoms with Gasteiger partial charge in [-0.05, 0) is 46.1 Å². The SMILES string of the molecule is Cc1cc(NCc2cccc3cccnc23)ncc1Br. The molecule has 2 heterocycles. The fraction of sp³-hybridized carbons (Fsp3) is 0.125. The molecule has 0 saturated heterocycles. The fourth-order valence-corrected chi connectivity index (χ4v) is 2.35. The summed E-state index contributed by atoms with van der Waals surface area (Å²) in [7, 11) is 0. The number of rotatable bonds is 3. The van der Waals surface area contributed by atoms with E-state index in [2.05, 4.69) is 62.4 Å². The number of nitrogens with one attached hydrogen (secondary N) is 1. The molecule has 4 heteroatoms. The van der Waals surface area contributed by atoms with Crippen LogP contribution in [0.15, 0.2) is 53.3 Å². The Morgan fingerprint density at radius 1 is 1.15 bits per heavy atom. The highest BCUT2D eigenvalue weighted by molar-refractivity contribution is 9.10. The van der Waals surface area contributed by atoms with Crippen molar-refractivity contribution in [2.24, 2.45) is 0 Å². The molecule has 0 radical (unpaired) electrons. The summed E-state index contributed by atoms with van der Waals surface area (Å²) in [5.74, 6) is 0.874. The number of aryl methyl sites for hydroxylation is 1. The number of aromatic nitrogens is 2. The summed E-state index contributed by atoms with van der Waals surface area (Å²) < 4.78 is 1.02. The topological polar surface area (TPSA) is 37.8 Å². The maximum atomic E-state index is 4.46. The van der Waals surface area contributed by atoms with Crippen LogP contribution in [0.5, 0.6) is 0 Å². The predicted octanol–water partition coefficient (Wildman–Crippen LogP) is 4.31. The average Bonchev–Trinajstić information content (AvgIpc) is 2.48. The van der Waals surface area contributed by atoms with Gasteiger partial charge in [0.05, 0.1) is 5.52 Å². The van der Waals surface area contributed by atoms with E-state index in [-0.39, 0.29) is 0 Å². The van der Waals surface area contributed by atoms with E-state index in [0.29, 0.717) is 6.54 Å². The van der Waals surface area contributed by atoms with Crippen molar-refractivity contribution in [2.45, 2.75) is 13.5 Å². The molecule has 2 aromatic heterocycles. The van der Waals surface area contributed by atoms with Crippen molar-refractivity contribution < 1.29 is 0 Å². The van der Waals surface area contributed by atoms with Crippen LogP contribution in [0.25, 0.3) is 10.9 Å². The number of nitrogens with zero attached hydrogens (tertiary/aromatic N) is 2. The zero-order chi connectivity index (χ0) is 13.9. The Labute approximate surface area is 126 Å². The highest BCUT2D eigenvalue weighted by Crippen LogP contribution is 2.19. The number of benzene rings is 1. The smallest absolute Gasteiger partial charge is 0.126 e. The average molecular weight is 328 g/mol. The monoisotopic (exact) mass is 327 g/mol. The number of halogens is 1. The van der Waals surface area contributed by atoms with Gasteiger partial charge in [-0.25, -0.2) is 4.98 Å². The Kier molecular flexibility index (Phi) is 3.65. The Hall–Kier alpha value is -1.94. The van der Waals surface area contributed by atoms with Gasteiger partial charge in [-0.15, -0.1) is 0 Å². The summed E-state index contributed by atoms with van der Waals surface area (Å²) in [5.41, 5.74) is 3.38. The van der Waals surface area contributed by atoms with Gasteiger partial charge in [0.25, 0.3) is 0 Å². The lowest BCUT2D eigenvalue weighted by molar-refractivity contribution is 1.11. The summed E-state index contributed by atoms with van der Waals surface area (Å²) in [4.78, 5) is 8.81. The molecule has 0 aliphatic carbocycles. The zero-order valence-corrected chi connectivity index (χ0v) is 12.7. The molecule has 0 aliphatic rings. The largest absolute Gasteiger partial charge is 0.366 e. The Morgan fingerprint density at radius 3 is 2.85 bits per heavy atom. The molecular formula is C16H14BrN3. The molecule has 3 aromatic rings. The molecule has 0 saturated carbocycles. The Bertz CT molecular complexity index is 750. The highest BCUT2D eigenvalue weighted by Gasteiger charge is 2.03. The minimum absolute atomic E-state index is 0.711. The summed E-state index contributed by atoms with van der Waals surface area (Å²) in [6.45, 7) is 2.76. The zero-order valence-electron chi connectivity index (χ0n) is 11.1. The van der Waals surface area contributed by atoms with Crippen molar-refractivity contribution in [3.05, 3.63) is 64.4 Å². The fourth-order valence-electron chi connectivity index (χ4n) is 2.13. The lowest BCUT2D eigenvalue weighted by atomic mass is 10.1. The molecule has 0 amide bonds. The first-order chi connectivity index (χ1) is 9.74. The van der Waals surface area contributed by atoms with Crippen LogP contribution in [0, 0.1) is 6.92 Å². The van der Waals surface area contributed by atoms with E-state index in [9.17, 15) is 0 Å². The van der Waals surface area contributed by atoms with Crippen molar-refractivity contribution in [3.8, 4) is 0 Å². The van der Waals surface area contributed by atoms with Gasteiger partial charge in [0.15, 0.2) is 0 Å². The first-order valence-corrected chi connectivity index (χ1v) is 7.22. The molecule has 0 atom stereocenters. The van der Waals surface area contributed by atoms with Crippen LogP contribution in [-0.2, 0) is 6.54 Å². The van der Waals surface area contributed by atoms with Gasteiger partial charge in [0, 0.05) is 28.8 Å². The van der Waals surface area contributed by atoms with E-state index in [4.69, 9.17) is 0 Å². The van der Waals surface area contributed by atoms with Crippen molar-refractivity contribution in [2.75, 3.05) is 5.32 Å². The minimum atomic E-state index is 0.711. The second-order valence-electron chi connectivity index (χ2n) is 4.66. The van der Waals surface area contributed by atoms with Gasteiger partial charge in [-0.2, -0.15) is 0 Å². The second kappa shape index (κ2) is 5.59. The van der Waals surface area contributed by atoms with E-state index in [1.165, 1.54) is 11.1 Å². The molecule has 0 unspecified atom stereocenters. The summed E-state index contributed by atoms with van der Waals surface area (Å²) in [6.07, 6.45) is 3.65. The van der Waals surface area contributed by atoms with E-state index in [1.54, 1.807) is 0 Å². The molecule has 100 valence electrons. The predicted molar refractivity (Wildman–Crippen MR) is 85.7 cm³/mol. The first-order valence-electron chi connectivity index (χ1n) is 6.43. The van der Waals surface area contributed by atoms with Gasteiger partial charge in [-0.3, -0.25) is 4.98 Å². The molecule has 20 heavy (non-hydrogen) atoms. The number of hydrogen-bond acceptors (Lipinski definition) is 3. The van der Waals surface area contributed by atoms with Crippen LogP contribution in [0.2, 0.25) is 0 Å². The third-order valence-corrected chi connectivity index (χ3v) is 4.05. The molecule has 1 aromatic carbocycles. The van der Waals surface area contributed by atoms with Gasteiger partial charge in [-0.1, -0.05) is 24.3 Å². The summed E-state index contributed by atoms with van der Waals surface area (Å²) in [6, 6.07) is 12.3. The van der Waals surface area contributed by atoms with Crippen LogP contribution in [0.4, 0.5) is 5.82 Å². The standard InChI is InChI=1S/C16H14BrN3/c1-11-8-15(20-10-14(11)17)19-9-13-5-2-4-12-6-3-7-18-16(12)13/h2-8,10H,9H2,1H3,(H,19,20). The van der Waals surface area contributed by atoms with Gasteiger partial charge >= 0.3 is 0 Å². The highest BCUT2D eigenvalue weighted by atomic mass is 79.9. The molecule has 3 rings (SSSR count). The van der Waals surface area contributed by atoms with Crippen LogP contribution < -0.4 is 5.32 Å². The summed E-state index contributed by atoms with van der Waals surface area (Å²) >= 11 is 3.46. The van der Waals surface area contributed by atoms with Crippen molar-refractivity contribution in [3.63, 3.8) is 0 Å². The lowest BCUT2D eigenvalue weighted by Gasteiger charge is -2.09. The summed E-state index contributed by atoms with van der Waals surface area (Å²) in [5, 5.41) is 4.51. The second-order valence-corrected chi connectivity index (χ2v) is 5.52. The normalized spacial score (nSPS) is 10.7. The number of hydrogen-bond donors (Lipinski definition) is 1. The first kappa shape index (κ1) is 13.1. The van der Waals surface area contributed by atoms with E-state index >= 15 is 0 Å². The molecule has 3 nitrogen and oxygen atoms in total. The van der Waals surface area contributed by atoms with E-state index < -0.39 is 0 Å². The van der Waals surface area contributed by atoms with Gasteiger partial charge < -0.3 is 5.32 Å².